The Morgan fingerprint density at radius 2 is 1.25 bits per heavy atom. The van der Waals surface area contributed by atoms with Gasteiger partial charge in [0.05, 0.1) is 12.7 Å². The van der Waals surface area contributed by atoms with Crippen LogP contribution in [-0.2, 0) is 17.6 Å². The van der Waals surface area contributed by atoms with E-state index in [1.165, 1.54) is 121 Å². The maximum atomic E-state index is 6.39. The molecule has 2 atom stereocenters. The Bertz CT molecular complexity index is 732. The van der Waals surface area contributed by atoms with Crippen LogP contribution in [0.1, 0.15) is 128 Å². The average molecular weight is 493 g/mol. The van der Waals surface area contributed by atoms with Crippen LogP contribution in [0.15, 0.2) is 36.4 Å². The molecule has 0 aromatic heterocycles. The molecule has 3 aliphatic carbocycles. The van der Waals surface area contributed by atoms with Crippen molar-refractivity contribution in [1.29, 1.82) is 0 Å². The van der Waals surface area contributed by atoms with E-state index in [-0.39, 0.29) is 0 Å². The quantitative estimate of drug-likeness (QED) is 0.196. The van der Waals surface area contributed by atoms with E-state index in [2.05, 4.69) is 50.3 Å². The van der Waals surface area contributed by atoms with Crippen LogP contribution in [0.3, 0.4) is 0 Å². The van der Waals surface area contributed by atoms with Gasteiger partial charge in [-0.25, -0.2) is 0 Å². The molecule has 0 heterocycles. The van der Waals surface area contributed by atoms with Gasteiger partial charge < -0.3 is 4.74 Å². The van der Waals surface area contributed by atoms with Crippen molar-refractivity contribution >= 4 is 0 Å². The van der Waals surface area contributed by atoms with Crippen LogP contribution in [0.2, 0.25) is 0 Å². The van der Waals surface area contributed by atoms with Crippen molar-refractivity contribution in [2.24, 2.45) is 29.6 Å². The summed E-state index contributed by atoms with van der Waals surface area (Å²) in [4.78, 5) is 0. The number of aryl methyl sites for hydroxylation is 2. The van der Waals surface area contributed by atoms with Crippen molar-refractivity contribution in [2.75, 3.05) is 6.61 Å². The van der Waals surface area contributed by atoms with Crippen LogP contribution in [0, 0.1) is 29.6 Å². The number of hydrogen-bond acceptors (Lipinski definition) is 1. The molecule has 1 aromatic carbocycles. The van der Waals surface area contributed by atoms with Crippen molar-refractivity contribution in [3.63, 3.8) is 0 Å². The van der Waals surface area contributed by atoms with E-state index in [4.69, 9.17) is 4.74 Å². The molecule has 0 radical (unpaired) electrons. The van der Waals surface area contributed by atoms with Gasteiger partial charge in [0.25, 0.3) is 0 Å². The molecule has 0 aliphatic heterocycles. The van der Waals surface area contributed by atoms with Gasteiger partial charge in [-0.3, -0.25) is 0 Å². The van der Waals surface area contributed by atoms with E-state index in [1.54, 1.807) is 5.56 Å². The van der Waals surface area contributed by atoms with E-state index in [0.29, 0.717) is 6.10 Å². The Balaban J connectivity index is 1.09. The zero-order valence-corrected chi connectivity index (χ0v) is 23.8. The highest BCUT2D eigenvalue weighted by atomic mass is 16.5. The first-order chi connectivity index (χ1) is 17.7. The number of hydrogen-bond donors (Lipinski definition) is 0. The topological polar surface area (TPSA) is 9.23 Å². The lowest BCUT2D eigenvalue weighted by molar-refractivity contribution is 0.0287. The van der Waals surface area contributed by atoms with E-state index < -0.39 is 0 Å². The molecule has 2 fully saturated rings. The molecular formula is C35H56O. The third kappa shape index (κ3) is 9.04. The predicted molar refractivity (Wildman–Crippen MR) is 155 cm³/mol. The van der Waals surface area contributed by atoms with Gasteiger partial charge in [0.15, 0.2) is 0 Å². The third-order valence-electron chi connectivity index (χ3n) is 10.00. The predicted octanol–water partition coefficient (Wildman–Crippen LogP) is 10.1. The SMILES string of the molecule is CCCCCc1ccc(CCC2CCC(C3C=CC(OCC4CCC(CCC)CC4)CC3)CC2)cc1. The van der Waals surface area contributed by atoms with Gasteiger partial charge in [0.1, 0.15) is 0 Å². The summed E-state index contributed by atoms with van der Waals surface area (Å²) < 4.78 is 6.39. The van der Waals surface area contributed by atoms with Crippen molar-refractivity contribution < 1.29 is 4.74 Å². The van der Waals surface area contributed by atoms with Crippen LogP contribution in [0.4, 0.5) is 0 Å². The molecule has 2 unspecified atom stereocenters. The Kier molecular flexibility index (Phi) is 11.9. The monoisotopic (exact) mass is 492 g/mol. The highest BCUT2D eigenvalue weighted by molar-refractivity contribution is 5.22. The van der Waals surface area contributed by atoms with Crippen LogP contribution in [-0.4, -0.2) is 12.7 Å². The van der Waals surface area contributed by atoms with Crippen molar-refractivity contribution in [1.82, 2.24) is 0 Å². The zero-order valence-electron chi connectivity index (χ0n) is 23.8. The maximum absolute atomic E-state index is 6.39. The second-order valence-corrected chi connectivity index (χ2v) is 12.8. The van der Waals surface area contributed by atoms with E-state index in [0.717, 1.165) is 36.2 Å². The fraction of sp³-hybridized carbons (Fsp3) is 0.771. The fourth-order valence-corrected chi connectivity index (χ4v) is 7.43. The minimum atomic E-state index is 0.393. The minimum Gasteiger partial charge on any atom is -0.374 e. The van der Waals surface area contributed by atoms with Crippen LogP contribution >= 0.6 is 0 Å². The van der Waals surface area contributed by atoms with Gasteiger partial charge in [0.2, 0.25) is 0 Å². The first kappa shape index (κ1) is 27.9. The summed E-state index contributed by atoms with van der Waals surface area (Å²) in [6.45, 7) is 5.62. The molecule has 0 amide bonds. The molecule has 1 aromatic rings. The number of rotatable bonds is 13. The van der Waals surface area contributed by atoms with E-state index in [1.807, 2.05) is 0 Å². The summed E-state index contributed by atoms with van der Waals surface area (Å²) in [6.07, 6.45) is 30.2. The molecular weight excluding hydrogens is 436 g/mol. The normalized spacial score (nSPS) is 30.9. The summed E-state index contributed by atoms with van der Waals surface area (Å²) >= 11 is 0. The number of allylic oxidation sites excluding steroid dienone is 1. The standard InChI is InChI=1S/C35H56O/c1-3-5-6-8-29-9-11-30(12-10-29)13-14-31-19-21-33(22-20-31)34-23-25-35(26-24-34)36-27-32-17-15-28(7-4-2)16-18-32/h9-12,23,25,28,31-35H,3-8,13-22,24,26-27H2,1-2H3. The zero-order chi connectivity index (χ0) is 25.0. The molecule has 3 aliphatic rings. The Hall–Kier alpha value is -1.08. The second kappa shape index (κ2) is 15.4. The molecule has 2 saturated carbocycles. The lowest BCUT2D eigenvalue weighted by Gasteiger charge is -2.35. The molecule has 4 rings (SSSR count). The van der Waals surface area contributed by atoms with Crippen LogP contribution < -0.4 is 0 Å². The van der Waals surface area contributed by atoms with Crippen LogP contribution in [0.5, 0.6) is 0 Å². The fourth-order valence-electron chi connectivity index (χ4n) is 7.43. The largest absolute Gasteiger partial charge is 0.374 e. The van der Waals surface area contributed by atoms with Gasteiger partial charge in [-0.05, 0) is 105 Å². The summed E-state index contributed by atoms with van der Waals surface area (Å²) in [5.41, 5.74) is 3.07. The summed E-state index contributed by atoms with van der Waals surface area (Å²) in [6, 6.07) is 9.56. The number of unbranched alkanes of at least 4 members (excludes halogenated alkanes) is 2. The molecule has 0 spiro atoms. The van der Waals surface area contributed by atoms with Gasteiger partial charge in [-0.15, -0.1) is 0 Å². The molecule has 202 valence electrons. The van der Waals surface area contributed by atoms with Gasteiger partial charge in [-0.1, -0.05) is 102 Å². The van der Waals surface area contributed by atoms with Crippen molar-refractivity contribution in [2.45, 2.75) is 136 Å². The summed E-state index contributed by atoms with van der Waals surface area (Å²) in [5.74, 6) is 4.51. The minimum absolute atomic E-state index is 0.393. The smallest absolute Gasteiger partial charge is 0.0756 e. The maximum Gasteiger partial charge on any atom is 0.0756 e. The Morgan fingerprint density at radius 1 is 0.611 bits per heavy atom. The molecule has 36 heavy (non-hydrogen) atoms. The lowest BCUT2D eigenvalue weighted by atomic mass is 9.72. The summed E-state index contributed by atoms with van der Waals surface area (Å²) in [5, 5.41) is 0. The van der Waals surface area contributed by atoms with Crippen molar-refractivity contribution in [3.05, 3.63) is 47.5 Å². The highest BCUT2D eigenvalue weighted by Crippen LogP contribution is 2.39. The molecule has 0 saturated heterocycles. The summed E-state index contributed by atoms with van der Waals surface area (Å²) in [7, 11) is 0. The second-order valence-electron chi connectivity index (χ2n) is 12.8. The molecule has 1 heteroatoms. The number of benzene rings is 1. The van der Waals surface area contributed by atoms with Gasteiger partial charge in [-0.2, -0.15) is 0 Å². The Morgan fingerprint density at radius 3 is 1.89 bits per heavy atom. The van der Waals surface area contributed by atoms with Crippen LogP contribution in [0.25, 0.3) is 0 Å². The lowest BCUT2D eigenvalue weighted by Crippen LogP contribution is -2.27. The number of ether oxygens (including phenoxy) is 1. The van der Waals surface area contributed by atoms with E-state index in [9.17, 15) is 0 Å². The molecule has 1 nitrogen and oxygen atoms in total. The highest BCUT2D eigenvalue weighted by Gasteiger charge is 2.29. The average Bonchev–Trinajstić information content (AvgIpc) is 2.93. The molecule has 0 N–H and O–H groups in total. The Labute approximate surface area is 223 Å². The first-order valence-electron chi connectivity index (χ1n) is 16.1. The van der Waals surface area contributed by atoms with Gasteiger partial charge >= 0.3 is 0 Å². The van der Waals surface area contributed by atoms with E-state index >= 15 is 0 Å². The first-order valence-corrected chi connectivity index (χ1v) is 16.1. The van der Waals surface area contributed by atoms with Crippen molar-refractivity contribution in [3.8, 4) is 0 Å². The third-order valence-corrected chi connectivity index (χ3v) is 10.00. The van der Waals surface area contributed by atoms with Gasteiger partial charge in [0, 0.05) is 0 Å². The molecule has 0 bridgehead atoms.